The molecule has 1 saturated carbocycles. The van der Waals surface area contributed by atoms with E-state index >= 15 is 0 Å². The number of aliphatic hydroxyl groups is 2. The Bertz CT molecular complexity index is 1140. The number of hydrogen-bond donors (Lipinski definition) is 3. The summed E-state index contributed by atoms with van der Waals surface area (Å²) >= 11 is 0. The van der Waals surface area contributed by atoms with Crippen molar-refractivity contribution < 1.29 is 29.2 Å². The molecule has 7 atom stereocenters. The molecule has 3 aromatic rings. The van der Waals surface area contributed by atoms with Gasteiger partial charge in [-0.1, -0.05) is 91.0 Å². The van der Waals surface area contributed by atoms with Crippen LogP contribution in [0.25, 0.3) is 0 Å². The smallest absolute Gasteiger partial charge is 0.217 e. The number of benzene rings is 3. The molecule has 36 heavy (non-hydrogen) atoms. The molecular weight excluding hydrogens is 458 g/mol. The molecule has 0 aromatic heterocycles. The van der Waals surface area contributed by atoms with Crippen LogP contribution in [0.2, 0.25) is 0 Å². The van der Waals surface area contributed by atoms with Gasteiger partial charge >= 0.3 is 0 Å². The van der Waals surface area contributed by atoms with Gasteiger partial charge in [0.15, 0.2) is 6.29 Å². The highest BCUT2D eigenvalue weighted by Gasteiger charge is 2.72. The Labute approximate surface area is 210 Å². The molecule has 1 heterocycles. The number of rotatable bonds is 8. The number of hydrogen-bond acceptors (Lipinski definition) is 6. The summed E-state index contributed by atoms with van der Waals surface area (Å²) in [6.07, 6.45) is -3.77. The third kappa shape index (κ3) is 4.68. The number of ether oxygens (including phenoxy) is 3. The minimum Gasteiger partial charge on any atom is -0.390 e. The van der Waals surface area contributed by atoms with Crippen LogP contribution in [0.15, 0.2) is 91.0 Å². The summed E-state index contributed by atoms with van der Waals surface area (Å²) in [6, 6.07) is 27.7. The molecule has 3 N–H and O–H groups in total. The molecule has 1 aliphatic heterocycles. The molecule has 0 spiro atoms. The second-order valence-electron chi connectivity index (χ2n) is 9.43. The van der Waals surface area contributed by atoms with Crippen molar-refractivity contribution in [1.82, 2.24) is 5.32 Å². The van der Waals surface area contributed by atoms with Gasteiger partial charge in [-0.25, -0.2) is 0 Å². The molecule has 1 saturated heterocycles. The van der Waals surface area contributed by atoms with Crippen molar-refractivity contribution in [3.05, 3.63) is 108 Å². The number of nitrogens with one attached hydrogen (secondary N) is 1. The van der Waals surface area contributed by atoms with Gasteiger partial charge in [0.25, 0.3) is 0 Å². The Morgan fingerprint density at radius 1 is 0.889 bits per heavy atom. The van der Waals surface area contributed by atoms with E-state index in [4.69, 9.17) is 14.2 Å². The zero-order valence-electron chi connectivity index (χ0n) is 20.1. The van der Waals surface area contributed by atoms with Gasteiger partial charge in [-0.15, -0.1) is 0 Å². The highest BCUT2D eigenvalue weighted by atomic mass is 16.7. The van der Waals surface area contributed by atoms with E-state index in [1.165, 1.54) is 6.92 Å². The molecule has 3 unspecified atom stereocenters. The first-order valence-corrected chi connectivity index (χ1v) is 12.2. The molecule has 0 bridgehead atoms. The SMILES string of the molecule is CC(=O)N[C@H]1C(OCc2ccccc2)O[C@@H]2C(O)C(c3ccccc3)[C@]2(O)[C@@H]1OCc1ccccc1. The van der Waals surface area contributed by atoms with Crippen LogP contribution in [-0.2, 0) is 32.2 Å². The first-order chi connectivity index (χ1) is 17.5. The van der Waals surface area contributed by atoms with E-state index in [2.05, 4.69) is 5.32 Å². The topological polar surface area (TPSA) is 97.3 Å². The van der Waals surface area contributed by atoms with Gasteiger partial charge in [0.2, 0.25) is 5.91 Å². The van der Waals surface area contributed by atoms with E-state index in [-0.39, 0.29) is 19.1 Å². The Balaban J connectivity index is 1.48. The first kappa shape index (κ1) is 24.6. The molecule has 3 aromatic carbocycles. The van der Waals surface area contributed by atoms with E-state index in [0.29, 0.717) is 0 Å². The van der Waals surface area contributed by atoms with Crippen molar-refractivity contribution in [2.24, 2.45) is 0 Å². The lowest BCUT2D eigenvalue weighted by molar-refractivity contribution is -0.375. The molecule has 5 rings (SSSR count). The van der Waals surface area contributed by atoms with Gasteiger partial charge < -0.3 is 29.7 Å². The molecular formula is C29H31NO6. The Kier molecular flexibility index (Phi) is 7.18. The fraction of sp³-hybridized carbons (Fsp3) is 0.345. The number of carbonyl (C=O) groups is 1. The Morgan fingerprint density at radius 2 is 1.42 bits per heavy atom. The normalized spacial score (nSPS) is 31.2. The van der Waals surface area contributed by atoms with Gasteiger partial charge in [0.1, 0.15) is 23.9 Å². The van der Waals surface area contributed by atoms with Crippen LogP contribution in [0.4, 0.5) is 0 Å². The van der Waals surface area contributed by atoms with E-state index in [1.807, 2.05) is 91.0 Å². The molecule has 0 radical (unpaired) electrons. The zero-order chi connectivity index (χ0) is 25.1. The lowest BCUT2D eigenvalue weighted by Gasteiger charge is -2.63. The lowest BCUT2D eigenvalue weighted by atomic mass is 9.56. The molecule has 7 nitrogen and oxygen atoms in total. The number of fused-ring (bicyclic) bond motifs is 1. The maximum atomic E-state index is 12.3. The highest BCUT2D eigenvalue weighted by Crippen LogP contribution is 2.54. The summed E-state index contributed by atoms with van der Waals surface area (Å²) in [5.74, 6) is -0.959. The first-order valence-electron chi connectivity index (χ1n) is 12.2. The van der Waals surface area contributed by atoms with Crippen LogP contribution >= 0.6 is 0 Å². The predicted octanol–water partition coefficient (Wildman–Crippen LogP) is 2.91. The van der Waals surface area contributed by atoms with Gasteiger partial charge in [-0.05, 0) is 16.7 Å². The molecule has 2 fully saturated rings. The Hall–Kier alpha value is -3.07. The van der Waals surface area contributed by atoms with E-state index < -0.39 is 42.2 Å². The van der Waals surface area contributed by atoms with Crippen LogP contribution in [-0.4, -0.2) is 52.4 Å². The van der Waals surface area contributed by atoms with Crippen LogP contribution in [0, 0.1) is 0 Å². The quantitative estimate of drug-likeness (QED) is 0.450. The van der Waals surface area contributed by atoms with E-state index in [9.17, 15) is 15.0 Å². The van der Waals surface area contributed by atoms with E-state index in [0.717, 1.165) is 16.7 Å². The Morgan fingerprint density at radius 3 is 1.97 bits per heavy atom. The monoisotopic (exact) mass is 489 g/mol. The lowest BCUT2D eigenvalue weighted by Crippen LogP contribution is -2.82. The highest BCUT2D eigenvalue weighted by molar-refractivity contribution is 5.73. The van der Waals surface area contributed by atoms with Crippen molar-refractivity contribution in [3.63, 3.8) is 0 Å². The average molecular weight is 490 g/mol. The molecule has 1 aliphatic carbocycles. The third-order valence-corrected chi connectivity index (χ3v) is 7.02. The maximum Gasteiger partial charge on any atom is 0.217 e. The average Bonchev–Trinajstić information content (AvgIpc) is 2.89. The minimum absolute atomic E-state index is 0.208. The van der Waals surface area contributed by atoms with Gasteiger partial charge in [-0.2, -0.15) is 0 Å². The van der Waals surface area contributed by atoms with Crippen LogP contribution < -0.4 is 5.32 Å². The fourth-order valence-electron chi connectivity index (χ4n) is 5.36. The molecule has 1 amide bonds. The minimum atomic E-state index is -1.59. The summed E-state index contributed by atoms with van der Waals surface area (Å²) < 4.78 is 18.6. The van der Waals surface area contributed by atoms with Gasteiger partial charge in [-0.3, -0.25) is 4.79 Å². The number of amides is 1. The summed E-state index contributed by atoms with van der Waals surface area (Å²) in [4.78, 5) is 12.3. The largest absolute Gasteiger partial charge is 0.390 e. The van der Waals surface area contributed by atoms with Gasteiger partial charge in [0.05, 0.1) is 19.3 Å². The summed E-state index contributed by atoms with van der Waals surface area (Å²) in [7, 11) is 0. The second kappa shape index (κ2) is 10.5. The van der Waals surface area contributed by atoms with Crippen LogP contribution in [0.1, 0.15) is 29.5 Å². The summed E-state index contributed by atoms with van der Waals surface area (Å²) in [5.41, 5.74) is 1.03. The van der Waals surface area contributed by atoms with Crippen molar-refractivity contribution in [2.75, 3.05) is 0 Å². The summed E-state index contributed by atoms with van der Waals surface area (Å²) in [5, 5.41) is 26.1. The number of aliphatic hydroxyl groups excluding tert-OH is 1. The third-order valence-electron chi connectivity index (χ3n) is 7.02. The fourth-order valence-corrected chi connectivity index (χ4v) is 5.36. The van der Waals surface area contributed by atoms with E-state index in [1.54, 1.807) is 0 Å². The number of carbonyl (C=O) groups excluding carboxylic acids is 1. The van der Waals surface area contributed by atoms with Crippen LogP contribution in [0.3, 0.4) is 0 Å². The summed E-state index contributed by atoms with van der Waals surface area (Å²) in [6.45, 7) is 1.85. The van der Waals surface area contributed by atoms with Gasteiger partial charge in [0, 0.05) is 12.8 Å². The molecule has 2 aliphatic rings. The standard InChI is InChI=1S/C29H31NO6/c1-19(31)30-24-26(34-17-20-11-5-2-6-12-20)29(33)23(22-15-9-4-10-16-22)25(32)27(29)36-28(24)35-18-21-13-7-3-8-14-21/h2-16,23-28,32-33H,17-18H2,1H3,(H,30,31)/t23?,24-,25?,26-,27-,28?,29+/m1/s1. The van der Waals surface area contributed by atoms with Crippen molar-refractivity contribution in [2.45, 2.75) is 62.3 Å². The van der Waals surface area contributed by atoms with Crippen molar-refractivity contribution in [1.29, 1.82) is 0 Å². The van der Waals surface area contributed by atoms with Crippen molar-refractivity contribution >= 4 is 5.91 Å². The van der Waals surface area contributed by atoms with Crippen LogP contribution in [0.5, 0.6) is 0 Å². The zero-order valence-corrected chi connectivity index (χ0v) is 20.1. The molecule has 188 valence electrons. The predicted molar refractivity (Wildman–Crippen MR) is 133 cm³/mol. The molecule has 7 heteroatoms. The van der Waals surface area contributed by atoms with Crippen molar-refractivity contribution in [3.8, 4) is 0 Å². The second-order valence-corrected chi connectivity index (χ2v) is 9.43. The maximum absolute atomic E-state index is 12.3.